The number of carbonyl (C=O) groups is 1. The van der Waals surface area contributed by atoms with Gasteiger partial charge in [0.2, 0.25) is 0 Å². The number of anilines is 1. The van der Waals surface area contributed by atoms with Gasteiger partial charge in [-0.2, -0.15) is 11.3 Å². The molecule has 1 aliphatic rings. The predicted molar refractivity (Wildman–Crippen MR) is 122 cm³/mol. The van der Waals surface area contributed by atoms with Crippen LogP contribution in [0.5, 0.6) is 0 Å². The summed E-state index contributed by atoms with van der Waals surface area (Å²) in [6.07, 6.45) is 1.74. The van der Waals surface area contributed by atoms with Gasteiger partial charge < -0.3 is 4.90 Å². The zero-order valence-corrected chi connectivity index (χ0v) is 18.3. The lowest BCUT2D eigenvalue weighted by Gasteiger charge is -2.38. The number of rotatable bonds is 5. The first-order valence-corrected chi connectivity index (χ1v) is 11.4. The second-order valence-electron chi connectivity index (χ2n) is 8.12. The van der Waals surface area contributed by atoms with Gasteiger partial charge in [-0.15, -0.1) is 0 Å². The van der Waals surface area contributed by atoms with E-state index >= 15 is 0 Å². The van der Waals surface area contributed by atoms with Crippen LogP contribution in [0.4, 0.5) is 10.1 Å². The Hall–Kier alpha value is -2.50. The summed E-state index contributed by atoms with van der Waals surface area (Å²) in [6, 6.07) is 15.0. The van der Waals surface area contributed by atoms with Crippen molar-refractivity contribution < 1.29 is 9.18 Å². The number of amides is 1. The highest BCUT2D eigenvalue weighted by molar-refractivity contribution is 7.07. The molecule has 1 aliphatic heterocycles. The molecule has 30 heavy (non-hydrogen) atoms. The number of hydrogen-bond acceptors (Lipinski definition) is 3. The summed E-state index contributed by atoms with van der Waals surface area (Å²) in [5, 5.41) is 4.30. The van der Waals surface area contributed by atoms with E-state index in [2.05, 4.69) is 21.7 Å². The van der Waals surface area contributed by atoms with Gasteiger partial charge in [-0.05, 0) is 78.9 Å². The van der Waals surface area contributed by atoms with E-state index in [9.17, 15) is 9.18 Å². The van der Waals surface area contributed by atoms with Crippen molar-refractivity contribution in [3.63, 3.8) is 0 Å². The molecule has 0 unspecified atom stereocenters. The molecular formula is C25H27FN2OS. The summed E-state index contributed by atoms with van der Waals surface area (Å²) in [7, 11) is 0. The van der Waals surface area contributed by atoms with Gasteiger partial charge in [0.25, 0.3) is 5.91 Å². The van der Waals surface area contributed by atoms with E-state index in [0.29, 0.717) is 16.8 Å². The van der Waals surface area contributed by atoms with Crippen molar-refractivity contribution in [2.75, 3.05) is 18.0 Å². The summed E-state index contributed by atoms with van der Waals surface area (Å²) in [4.78, 5) is 17.8. The molecule has 1 fully saturated rings. The minimum absolute atomic E-state index is 0.0545. The van der Waals surface area contributed by atoms with Crippen LogP contribution in [-0.4, -0.2) is 29.9 Å². The lowest BCUT2D eigenvalue weighted by Crippen LogP contribution is -2.47. The molecular weight excluding hydrogens is 395 g/mol. The molecule has 0 aliphatic carbocycles. The summed E-state index contributed by atoms with van der Waals surface area (Å²) in [6.45, 7) is 6.52. The Morgan fingerprint density at radius 2 is 1.93 bits per heavy atom. The number of hydrogen-bond donors (Lipinski definition) is 0. The molecule has 1 saturated heterocycles. The van der Waals surface area contributed by atoms with Crippen LogP contribution in [0.3, 0.4) is 0 Å². The van der Waals surface area contributed by atoms with Crippen molar-refractivity contribution >= 4 is 22.9 Å². The molecule has 0 atom stereocenters. The van der Waals surface area contributed by atoms with Gasteiger partial charge in [0.1, 0.15) is 5.82 Å². The average molecular weight is 423 g/mol. The van der Waals surface area contributed by atoms with E-state index in [1.54, 1.807) is 24.3 Å². The second-order valence-corrected chi connectivity index (χ2v) is 8.90. The van der Waals surface area contributed by atoms with E-state index in [-0.39, 0.29) is 17.8 Å². The molecule has 156 valence electrons. The van der Waals surface area contributed by atoms with Gasteiger partial charge in [-0.3, -0.25) is 9.69 Å². The molecule has 0 spiro atoms. The van der Waals surface area contributed by atoms with Crippen LogP contribution in [0.25, 0.3) is 0 Å². The van der Waals surface area contributed by atoms with Crippen LogP contribution in [0, 0.1) is 19.7 Å². The topological polar surface area (TPSA) is 23.6 Å². The summed E-state index contributed by atoms with van der Waals surface area (Å²) in [5.74, 6) is -0.331. The maximum atomic E-state index is 14.4. The minimum atomic E-state index is -0.274. The summed E-state index contributed by atoms with van der Waals surface area (Å²) in [5.41, 5.74) is 4.26. The fourth-order valence-electron chi connectivity index (χ4n) is 4.12. The Morgan fingerprint density at radius 1 is 1.13 bits per heavy atom. The molecule has 2 heterocycles. The van der Waals surface area contributed by atoms with Crippen LogP contribution in [-0.2, 0) is 6.54 Å². The maximum absolute atomic E-state index is 14.4. The quantitative estimate of drug-likeness (QED) is 0.518. The SMILES string of the molecule is Cc1cccc(C(=O)N(c2ccc(C)c(F)c2)C2CCN(Cc3ccsc3)CC2)c1. The molecule has 3 aromatic rings. The number of aryl methyl sites for hydroxylation is 2. The Morgan fingerprint density at radius 3 is 2.60 bits per heavy atom. The van der Waals surface area contributed by atoms with Crippen LogP contribution in [0.1, 0.15) is 39.9 Å². The van der Waals surface area contributed by atoms with Gasteiger partial charge in [0, 0.05) is 36.9 Å². The predicted octanol–water partition coefficient (Wildman–Crippen LogP) is 5.82. The van der Waals surface area contributed by atoms with Gasteiger partial charge >= 0.3 is 0 Å². The molecule has 0 radical (unpaired) electrons. The Kier molecular flexibility index (Phi) is 6.30. The third-order valence-electron chi connectivity index (χ3n) is 5.83. The molecule has 1 amide bonds. The van der Waals surface area contributed by atoms with Crippen molar-refractivity contribution in [2.45, 2.75) is 39.3 Å². The monoisotopic (exact) mass is 422 g/mol. The molecule has 3 nitrogen and oxygen atoms in total. The smallest absolute Gasteiger partial charge is 0.258 e. The lowest BCUT2D eigenvalue weighted by atomic mass is 9.99. The van der Waals surface area contributed by atoms with Crippen LogP contribution in [0.15, 0.2) is 59.3 Å². The minimum Gasteiger partial charge on any atom is -0.305 e. The first kappa shape index (κ1) is 20.8. The average Bonchev–Trinajstić information content (AvgIpc) is 3.25. The van der Waals surface area contributed by atoms with Gasteiger partial charge in [-0.1, -0.05) is 23.8 Å². The van der Waals surface area contributed by atoms with Gasteiger partial charge in [-0.25, -0.2) is 4.39 Å². The van der Waals surface area contributed by atoms with Crippen molar-refractivity contribution in [1.82, 2.24) is 4.90 Å². The number of carbonyl (C=O) groups excluding carboxylic acids is 1. The number of likely N-dealkylation sites (tertiary alicyclic amines) is 1. The highest BCUT2D eigenvalue weighted by Crippen LogP contribution is 2.28. The third-order valence-corrected chi connectivity index (χ3v) is 6.56. The largest absolute Gasteiger partial charge is 0.305 e. The van der Waals surface area contributed by atoms with Crippen molar-refractivity contribution in [3.8, 4) is 0 Å². The molecule has 0 saturated carbocycles. The van der Waals surface area contributed by atoms with E-state index < -0.39 is 0 Å². The Balaban J connectivity index is 1.57. The Labute approximate surface area is 181 Å². The van der Waals surface area contributed by atoms with E-state index in [1.165, 1.54) is 11.6 Å². The van der Waals surface area contributed by atoms with Crippen LogP contribution in [0.2, 0.25) is 0 Å². The molecule has 1 aromatic heterocycles. The van der Waals surface area contributed by atoms with Gasteiger partial charge in [0.15, 0.2) is 0 Å². The van der Waals surface area contributed by atoms with Crippen molar-refractivity contribution in [2.24, 2.45) is 0 Å². The van der Waals surface area contributed by atoms with E-state index in [4.69, 9.17) is 0 Å². The molecule has 0 bridgehead atoms. The standard InChI is InChI=1S/C25H27FN2OS/c1-18-4-3-5-21(14-18)25(29)28(23-7-6-19(2)24(26)15-23)22-8-11-27(12-9-22)16-20-10-13-30-17-20/h3-7,10,13-15,17,22H,8-9,11-12,16H2,1-2H3. The number of thiophene rings is 1. The molecule has 2 aromatic carbocycles. The van der Waals surface area contributed by atoms with Crippen molar-refractivity contribution in [3.05, 3.63) is 87.4 Å². The first-order chi connectivity index (χ1) is 14.5. The normalized spacial score (nSPS) is 15.3. The number of halogens is 1. The van der Waals surface area contributed by atoms with Gasteiger partial charge in [0.05, 0.1) is 0 Å². The van der Waals surface area contributed by atoms with E-state index in [0.717, 1.165) is 38.0 Å². The molecule has 5 heteroatoms. The fourth-order valence-corrected chi connectivity index (χ4v) is 4.78. The highest BCUT2D eigenvalue weighted by atomic mass is 32.1. The molecule has 4 rings (SSSR count). The lowest BCUT2D eigenvalue weighted by molar-refractivity contribution is 0.0958. The number of benzene rings is 2. The second kappa shape index (κ2) is 9.11. The first-order valence-electron chi connectivity index (χ1n) is 10.4. The highest BCUT2D eigenvalue weighted by Gasteiger charge is 2.30. The summed E-state index contributed by atoms with van der Waals surface area (Å²) < 4.78 is 14.4. The maximum Gasteiger partial charge on any atom is 0.258 e. The Bertz CT molecular complexity index is 1010. The van der Waals surface area contributed by atoms with E-state index in [1.807, 2.05) is 42.2 Å². The number of nitrogens with zero attached hydrogens (tertiary/aromatic N) is 2. The summed E-state index contributed by atoms with van der Waals surface area (Å²) >= 11 is 1.72. The third kappa shape index (κ3) is 4.63. The van der Waals surface area contributed by atoms with Crippen LogP contribution < -0.4 is 4.90 Å². The van der Waals surface area contributed by atoms with Crippen molar-refractivity contribution in [1.29, 1.82) is 0 Å². The zero-order valence-electron chi connectivity index (χ0n) is 17.5. The van der Waals surface area contributed by atoms with Crippen LogP contribution >= 0.6 is 11.3 Å². The zero-order chi connectivity index (χ0) is 21.1. The molecule has 0 N–H and O–H groups in total. The fraction of sp³-hybridized carbons (Fsp3) is 0.320. The number of piperidine rings is 1.